The van der Waals surface area contributed by atoms with Crippen molar-refractivity contribution < 1.29 is 22.0 Å². The first-order valence-electron chi connectivity index (χ1n) is 8.22. The molecule has 1 aromatic carbocycles. The zero-order valence-electron chi connectivity index (χ0n) is 14.0. The number of hydrogen-bond donors (Lipinski definition) is 0. The number of amides is 1. The quantitative estimate of drug-likeness (QED) is 0.829. The number of benzene rings is 1. The van der Waals surface area contributed by atoms with Gasteiger partial charge < -0.3 is 4.90 Å². The van der Waals surface area contributed by atoms with Gasteiger partial charge in [0.05, 0.1) is 5.25 Å². The van der Waals surface area contributed by atoms with E-state index in [0.29, 0.717) is 13.1 Å². The van der Waals surface area contributed by atoms with Gasteiger partial charge in [-0.3, -0.25) is 4.79 Å². The van der Waals surface area contributed by atoms with Crippen LogP contribution in [0.2, 0.25) is 0 Å². The maximum Gasteiger partial charge on any atom is 0.240 e. The second-order valence-electron chi connectivity index (χ2n) is 6.25. The number of likely N-dealkylation sites (tertiary alicyclic amines) is 1. The van der Waals surface area contributed by atoms with Gasteiger partial charge in [-0.25, -0.2) is 17.2 Å². The summed E-state index contributed by atoms with van der Waals surface area (Å²) in [7, 11) is -4.07. The van der Waals surface area contributed by atoms with Crippen LogP contribution in [0.1, 0.15) is 50.3 Å². The second-order valence-corrected chi connectivity index (χ2v) is 8.84. The summed E-state index contributed by atoms with van der Waals surface area (Å²) >= 11 is 0. The molecule has 0 saturated carbocycles. The van der Waals surface area contributed by atoms with Gasteiger partial charge in [0.2, 0.25) is 5.91 Å². The van der Waals surface area contributed by atoms with Gasteiger partial charge in [0.25, 0.3) is 0 Å². The molecule has 1 aromatic rings. The Morgan fingerprint density at radius 1 is 1.04 bits per heavy atom. The molecule has 0 aromatic heterocycles. The lowest BCUT2D eigenvalue weighted by molar-refractivity contribution is -0.130. The van der Waals surface area contributed by atoms with Crippen molar-refractivity contribution in [2.24, 2.45) is 0 Å². The van der Waals surface area contributed by atoms with Crippen molar-refractivity contribution in [1.82, 2.24) is 4.90 Å². The standard InChI is InChI=1S/C17H23F2NO3S/c1-12(16-14(18)8-7-9-15(16)19)24(22,23)13(2)17(21)20-10-5-3-4-6-11-20/h7-9,12-13H,3-6,10-11H2,1-2H3/t12-,13+/m0/s1. The molecule has 24 heavy (non-hydrogen) atoms. The van der Waals surface area contributed by atoms with Crippen molar-refractivity contribution in [3.63, 3.8) is 0 Å². The number of hydrogen-bond acceptors (Lipinski definition) is 3. The first-order valence-corrected chi connectivity index (χ1v) is 9.83. The van der Waals surface area contributed by atoms with Gasteiger partial charge in [0.15, 0.2) is 9.84 Å². The Hall–Kier alpha value is -1.50. The Kier molecular flexibility index (Phi) is 5.96. The highest BCUT2D eigenvalue weighted by Crippen LogP contribution is 2.30. The minimum atomic E-state index is -4.07. The number of halogens is 2. The van der Waals surface area contributed by atoms with Crippen LogP contribution in [-0.4, -0.2) is 37.6 Å². The van der Waals surface area contributed by atoms with E-state index in [4.69, 9.17) is 0 Å². The maximum atomic E-state index is 13.9. The van der Waals surface area contributed by atoms with Crippen LogP contribution in [0.4, 0.5) is 8.78 Å². The number of sulfone groups is 1. The first-order chi connectivity index (χ1) is 11.3. The molecule has 1 aliphatic rings. The first kappa shape index (κ1) is 18.8. The van der Waals surface area contributed by atoms with E-state index in [1.54, 1.807) is 4.90 Å². The summed E-state index contributed by atoms with van der Waals surface area (Å²) in [5, 5.41) is -2.76. The average molecular weight is 359 g/mol. The topological polar surface area (TPSA) is 54.5 Å². The summed E-state index contributed by atoms with van der Waals surface area (Å²) < 4.78 is 53.3. The Labute approximate surface area is 141 Å². The van der Waals surface area contributed by atoms with Crippen LogP contribution < -0.4 is 0 Å². The highest BCUT2D eigenvalue weighted by Gasteiger charge is 2.38. The van der Waals surface area contributed by atoms with Crippen molar-refractivity contribution in [3.8, 4) is 0 Å². The van der Waals surface area contributed by atoms with Crippen LogP contribution in [0.15, 0.2) is 18.2 Å². The van der Waals surface area contributed by atoms with Crippen LogP contribution in [-0.2, 0) is 14.6 Å². The van der Waals surface area contributed by atoms with Crippen molar-refractivity contribution in [1.29, 1.82) is 0 Å². The van der Waals surface area contributed by atoms with E-state index in [1.165, 1.54) is 19.9 Å². The fraction of sp³-hybridized carbons (Fsp3) is 0.588. The van der Waals surface area contributed by atoms with Crippen molar-refractivity contribution in [2.75, 3.05) is 13.1 Å². The van der Waals surface area contributed by atoms with Gasteiger partial charge >= 0.3 is 0 Å². The molecule has 0 spiro atoms. The molecule has 0 radical (unpaired) electrons. The smallest absolute Gasteiger partial charge is 0.240 e. The van der Waals surface area contributed by atoms with E-state index >= 15 is 0 Å². The third kappa shape index (κ3) is 3.77. The van der Waals surface area contributed by atoms with Crippen LogP contribution >= 0.6 is 0 Å². The van der Waals surface area contributed by atoms with Gasteiger partial charge in [-0.1, -0.05) is 18.9 Å². The second kappa shape index (κ2) is 7.59. The van der Waals surface area contributed by atoms with Gasteiger partial charge in [0.1, 0.15) is 16.9 Å². The van der Waals surface area contributed by atoms with E-state index in [1.807, 2.05) is 0 Å². The molecule has 0 aliphatic carbocycles. The fourth-order valence-electron chi connectivity index (χ4n) is 3.06. The van der Waals surface area contributed by atoms with Crippen LogP contribution in [0.3, 0.4) is 0 Å². The molecule has 4 nitrogen and oxygen atoms in total. The Balaban J connectivity index is 2.26. The maximum absolute atomic E-state index is 13.9. The lowest BCUT2D eigenvalue weighted by atomic mass is 10.1. The molecule has 1 fully saturated rings. The molecule has 0 bridgehead atoms. The normalized spacial score (nSPS) is 18.8. The molecule has 1 amide bonds. The number of carbonyl (C=O) groups excluding carboxylic acids is 1. The highest BCUT2D eigenvalue weighted by atomic mass is 32.2. The lowest BCUT2D eigenvalue weighted by Crippen LogP contribution is -2.43. The van der Waals surface area contributed by atoms with E-state index < -0.39 is 43.4 Å². The molecule has 0 unspecified atom stereocenters. The van der Waals surface area contributed by atoms with Crippen molar-refractivity contribution in [2.45, 2.75) is 50.0 Å². The summed E-state index contributed by atoms with van der Waals surface area (Å²) in [6.07, 6.45) is 3.72. The summed E-state index contributed by atoms with van der Waals surface area (Å²) in [6, 6.07) is 3.22. The van der Waals surface area contributed by atoms with E-state index in [2.05, 4.69) is 0 Å². The summed E-state index contributed by atoms with van der Waals surface area (Å²) in [5.41, 5.74) is -0.506. The van der Waals surface area contributed by atoms with Gasteiger partial charge in [-0.05, 0) is 38.8 Å². The average Bonchev–Trinajstić information content (AvgIpc) is 2.82. The van der Waals surface area contributed by atoms with Crippen LogP contribution in [0.5, 0.6) is 0 Å². The van der Waals surface area contributed by atoms with Crippen molar-refractivity contribution >= 4 is 15.7 Å². The summed E-state index contributed by atoms with van der Waals surface area (Å²) in [5.74, 6) is -2.32. The molecule has 7 heteroatoms. The third-order valence-electron chi connectivity index (χ3n) is 4.66. The minimum absolute atomic E-state index is 0.486. The zero-order chi connectivity index (χ0) is 17.9. The predicted octanol–water partition coefficient (Wildman–Crippen LogP) is 3.23. The Morgan fingerprint density at radius 2 is 1.54 bits per heavy atom. The number of rotatable bonds is 4. The molecule has 1 aliphatic heterocycles. The Bertz CT molecular complexity index is 678. The largest absolute Gasteiger partial charge is 0.342 e. The van der Waals surface area contributed by atoms with E-state index in [0.717, 1.165) is 37.8 Å². The lowest BCUT2D eigenvalue weighted by Gasteiger charge is -2.26. The molecule has 1 saturated heterocycles. The Morgan fingerprint density at radius 3 is 2.04 bits per heavy atom. The van der Waals surface area contributed by atoms with Crippen LogP contribution in [0, 0.1) is 11.6 Å². The highest BCUT2D eigenvalue weighted by molar-refractivity contribution is 7.93. The molecular weight excluding hydrogens is 336 g/mol. The minimum Gasteiger partial charge on any atom is -0.342 e. The molecule has 0 N–H and O–H groups in total. The SMILES string of the molecule is C[C@H](C(=O)N1CCCCCC1)S(=O)(=O)[C@@H](C)c1c(F)cccc1F. The summed E-state index contributed by atoms with van der Waals surface area (Å²) in [6.45, 7) is 3.59. The summed E-state index contributed by atoms with van der Waals surface area (Å²) in [4.78, 5) is 14.1. The molecule has 2 atom stereocenters. The van der Waals surface area contributed by atoms with Crippen LogP contribution in [0.25, 0.3) is 0 Å². The van der Waals surface area contributed by atoms with E-state index in [-0.39, 0.29) is 0 Å². The molecule has 1 heterocycles. The molecule has 2 rings (SSSR count). The van der Waals surface area contributed by atoms with Gasteiger partial charge in [-0.15, -0.1) is 0 Å². The van der Waals surface area contributed by atoms with Gasteiger partial charge in [-0.2, -0.15) is 0 Å². The molecule has 134 valence electrons. The monoisotopic (exact) mass is 359 g/mol. The third-order valence-corrected chi connectivity index (χ3v) is 7.07. The zero-order valence-corrected chi connectivity index (χ0v) is 14.8. The molecular formula is C17H23F2NO3S. The van der Waals surface area contributed by atoms with E-state index in [9.17, 15) is 22.0 Å². The van der Waals surface area contributed by atoms with Gasteiger partial charge in [0, 0.05) is 18.7 Å². The fourth-order valence-corrected chi connectivity index (χ4v) is 4.65. The number of nitrogens with zero attached hydrogens (tertiary/aromatic N) is 1. The predicted molar refractivity (Wildman–Crippen MR) is 88.2 cm³/mol. The number of carbonyl (C=O) groups is 1. The van der Waals surface area contributed by atoms with Crippen molar-refractivity contribution in [3.05, 3.63) is 35.4 Å².